The van der Waals surface area contributed by atoms with Crippen molar-refractivity contribution in [3.8, 4) is 6.07 Å². The summed E-state index contributed by atoms with van der Waals surface area (Å²) in [6.07, 6.45) is 2.54. The van der Waals surface area contributed by atoms with E-state index in [0.29, 0.717) is 6.04 Å². The van der Waals surface area contributed by atoms with Gasteiger partial charge in [0.25, 0.3) is 0 Å². The lowest BCUT2D eigenvalue weighted by atomic mass is 9.97. The second kappa shape index (κ2) is 6.53. The van der Waals surface area contributed by atoms with Crippen molar-refractivity contribution in [3.05, 3.63) is 35.4 Å². The van der Waals surface area contributed by atoms with Crippen LogP contribution in [0.15, 0.2) is 24.3 Å². The summed E-state index contributed by atoms with van der Waals surface area (Å²) in [7, 11) is 0. The normalized spacial score (nSPS) is 18.2. The van der Waals surface area contributed by atoms with Gasteiger partial charge in [0, 0.05) is 6.04 Å². The summed E-state index contributed by atoms with van der Waals surface area (Å²) in [6, 6.07) is 10.4. The van der Waals surface area contributed by atoms with Crippen LogP contribution in [0.25, 0.3) is 0 Å². The van der Waals surface area contributed by atoms with Crippen LogP contribution in [0.4, 0.5) is 0 Å². The summed E-state index contributed by atoms with van der Waals surface area (Å²) in [5.74, 6) is 0.798. The number of piperidine rings is 1. The van der Waals surface area contributed by atoms with E-state index < -0.39 is 0 Å². The number of hydrogen-bond acceptors (Lipinski definition) is 3. The molecule has 0 radical (unpaired) electrons. The molecule has 0 spiro atoms. The Hall–Kier alpha value is -1.37. The highest BCUT2D eigenvalue weighted by Crippen LogP contribution is 2.16. The molecule has 1 aromatic carbocycles. The molecule has 0 saturated carbocycles. The fourth-order valence-electron chi connectivity index (χ4n) is 2.39. The van der Waals surface area contributed by atoms with E-state index in [-0.39, 0.29) is 0 Å². The summed E-state index contributed by atoms with van der Waals surface area (Å²) >= 11 is 0. The minimum atomic E-state index is 0.354. The zero-order valence-corrected chi connectivity index (χ0v) is 10.9. The Kier molecular flexibility index (Phi) is 4.74. The minimum Gasteiger partial charge on any atom is -0.317 e. The maximum Gasteiger partial charge on any atom is 0.0991 e. The molecule has 1 saturated heterocycles. The fourth-order valence-corrected chi connectivity index (χ4v) is 2.39. The largest absolute Gasteiger partial charge is 0.317 e. The summed E-state index contributed by atoms with van der Waals surface area (Å²) in [6.45, 7) is 5.57. The maximum atomic E-state index is 8.77. The van der Waals surface area contributed by atoms with Gasteiger partial charge in [-0.05, 0) is 63.0 Å². The van der Waals surface area contributed by atoms with Crippen molar-refractivity contribution in [2.75, 3.05) is 19.6 Å². The average Bonchev–Trinajstić information content (AvgIpc) is 2.46. The molecule has 1 atom stereocenters. The lowest BCUT2D eigenvalue weighted by Gasteiger charge is -2.25. The molecule has 0 bridgehead atoms. The molecule has 2 rings (SSSR count). The Morgan fingerprint density at radius 3 is 2.61 bits per heavy atom. The van der Waals surface area contributed by atoms with Gasteiger partial charge in [0.15, 0.2) is 0 Å². The van der Waals surface area contributed by atoms with Crippen LogP contribution in [0.3, 0.4) is 0 Å². The number of rotatable bonds is 4. The van der Waals surface area contributed by atoms with Crippen LogP contribution in [0, 0.1) is 17.2 Å². The lowest BCUT2D eigenvalue weighted by molar-refractivity contribution is 0.345. The third-order valence-corrected chi connectivity index (χ3v) is 3.71. The van der Waals surface area contributed by atoms with E-state index in [9.17, 15) is 0 Å². The average molecular weight is 243 g/mol. The molecular formula is C15H21N3. The van der Waals surface area contributed by atoms with E-state index in [1.807, 2.05) is 24.3 Å². The molecule has 1 aliphatic heterocycles. The van der Waals surface area contributed by atoms with Crippen LogP contribution in [0.5, 0.6) is 0 Å². The van der Waals surface area contributed by atoms with Crippen LogP contribution < -0.4 is 10.6 Å². The molecule has 96 valence electrons. The molecule has 1 aliphatic rings. The van der Waals surface area contributed by atoms with Gasteiger partial charge in [-0.2, -0.15) is 5.26 Å². The number of nitrogens with zero attached hydrogens (tertiary/aromatic N) is 1. The predicted octanol–water partition coefficient (Wildman–Crippen LogP) is 2.21. The summed E-state index contributed by atoms with van der Waals surface area (Å²) in [5, 5.41) is 15.8. The number of benzene rings is 1. The van der Waals surface area contributed by atoms with Gasteiger partial charge in [-0.3, -0.25) is 0 Å². The molecule has 1 heterocycles. The first kappa shape index (κ1) is 13.1. The highest BCUT2D eigenvalue weighted by atomic mass is 14.9. The summed E-state index contributed by atoms with van der Waals surface area (Å²) in [4.78, 5) is 0. The SMILES string of the molecule is CC(NCC1CCNCC1)c1ccc(C#N)cc1. The Labute approximate surface area is 109 Å². The quantitative estimate of drug-likeness (QED) is 0.852. The highest BCUT2D eigenvalue weighted by molar-refractivity contribution is 5.32. The van der Waals surface area contributed by atoms with Crippen LogP contribution in [-0.4, -0.2) is 19.6 Å². The minimum absolute atomic E-state index is 0.354. The van der Waals surface area contributed by atoms with Crippen molar-refractivity contribution in [1.82, 2.24) is 10.6 Å². The van der Waals surface area contributed by atoms with Gasteiger partial charge < -0.3 is 10.6 Å². The van der Waals surface area contributed by atoms with Gasteiger partial charge in [-0.15, -0.1) is 0 Å². The lowest BCUT2D eigenvalue weighted by Crippen LogP contribution is -2.34. The van der Waals surface area contributed by atoms with Crippen LogP contribution in [0.2, 0.25) is 0 Å². The monoisotopic (exact) mass is 243 g/mol. The molecule has 0 amide bonds. The van der Waals surface area contributed by atoms with Crippen molar-refractivity contribution < 1.29 is 0 Å². The number of nitriles is 1. The van der Waals surface area contributed by atoms with Crippen LogP contribution >= 0.6 is 0 Å². The van der Waals surface area contributed by atoms with Crippen molar-refractivity contribution in [3.63, 3.8) is 0 Å². The Morgan fingerprint density at radius 1 is 1.33 bits per heavy atom. The molecule has 2 N–H and O–H groups in total. The van der Waals surface area contributed by atoms with Gasteiger partial charge in [0.05, 0.1) is 11.6 Å². The zero-order chi connectivity index (χ0) is 12.8. The molecule has 0 aromatic heterocycles. The van der Waals surface area contributed by atoms with Crippen molar-refractivity contribution in [2.45, 2.75) is 25.8 Å². The molecule has 0 aliphatic carbocycles. The first-order chi connectivity index (χ1) is 8.79. The van der Waals surface area contributed by atoms with E-state index in [0.717, 1.165) is 31.1 Å². The van der Waals surface area contributed by atoms with Gasteiger partial charge in [-0.25, -0.2) is 0 Å². The highest BCUT2D eigenvalue weighted by Gasteiger charge is 2.14. The van der Waals surface area contributed by atoms with E-state index >= 15 is 0 Å². The predicted molar refractivity (Wildman–Crippen MR) is 73.2 cm³/mol. The Balaban J connectivity index is 1.83. The molecule has 1 unspecified atom stereocenters. The summed E-state index contributed by atoms with van der Waals surface area (Å²) in [5.41, 5.74) is 1.98. The molecule has 3 nitrogen and oxygen atoms in total. The zero-order valence-electron chi connectivity index (χ0n) is 10.9. The van der Waals surface area contributed by atoms with E-state index in [4.69, 9.17) is 5.26 Å². The standard InChI is InChI=1S/C15H21N3/c1-12(15-4-2-13(10-16)3-5-15)18-11-14-6-8-17-9-7-14/h2-5,12,14,17-18H,6-9,11H2,1H3. The van der Waals surface area contributed by atoms with E-state index in [1.54, 1.807) is 0 Å². The third-order valence-electron chi connectivity index (χ3n) is 3.71. The van der Waals surface area contributed by atoms with E-state index in [2.05, 4.69) is 23.6 Å². The fraction of sp³-hybridized carbons (Fsp3) is 0.533. The van der Waals surface area contributed by atoms with Gasteiger partial charge >= 0.3 is 0 Å². The van der Waals surface area contributed by atoms with Crippen LogP contribution in [0.1, 0.15) is 36.9 Å². The van der Waals surface area contributed by atoms with Gasteiger partial charge in [0.2, 0.25) is 0 Å². The topological polar surface area (TPSA) is 47.8 Å². The van der Waals surface area contributed by atoms with Crippen molar-refractivity contribution in [1.29, 1.82) is 5.26 Å². The number of hydrogen-bond donors (Lipinski definition) is 2. The Bertz CT molecular complexity index is 399. The van der Waals surface area contributed by atoms with E-state index in [1.165, 1.54) is 18.4 Å². The Morgan fingerprint density at radius 2 is 2.00 bits per heavy atom. The van der Waals surface area contributed by atoms with Crippen molar-refractivity contribution >= 4 is 0 Å². The summed E-state index contributed by atoms with van der Waals surface area (Å²) < 4.78 is 0. The third kappa shape index (κ3) is 3.56. The smallest absolute Gasteiger partial charge is 0.0991 e. The van der Waals surface area contributed by atoms with Gasteiger partial charge in [-0.1, -0.05) is 12.1 Å². The van der Waals surface area contributed by atoms with Gasteiger partial charge in [0.1, 0.15) is 0 Å². The first-order valence-electron chi connectivity index (χ1n) is 6.74. The molecule has 3 heteroatoms. The molecular weight excluding hydrogens is 222 g/mol. The molecule has 1 fully saturated rings. The molecule has 18 heavy (non-hydrogen) atoms. The molecule has 1 aromatic rings. The second-order valence-corrected chi connectivity index (χ2v) is 5.06. The number of nitrogens with one attached hydrogen (secondary N) is 2. The van der Waals surface area contributed by atoms with Crippen LogP contribution in [-0.2, 0) is 0 Å². The van der Waals surface area contributed by atoms with Crippen molar-refractivity contribution in [2.24, 2.45) is 5.92 Å². The maximum absolute atomic E-state index is 8.77. The first-order valence-corrected chi connectivity index (χ1v) is 6.74. The second-order valence-electron chi connectivity index (χ2n) is 5.06.